The third-order valence-corrected chi connectivity index (χ3v) is 1.21. The Morgan fingerprint density at radius 1 is 1.17 bits per heavy atom. The van der Waals surface area contributed by atoms with Crippen LogP contribution in [0.15, 0.2) is 16.8 Å². The largest absolute Gasteiger partial charge is 0.439 e. The summed E-state index contributed by atoms with van der Waals surface area (Å²) in [5, 5.41) is 7.30. The van der Waals surface area contributed by atoms with E-state index >= 15 is 0 Å². The molecule has 2 aromatic rings. The first-order valence-electron chi connectivity index (χ1n) is 3.90. The van der Waals surface area contributed by atoms with E-state index in [0.717, 1.165) is 5.52 Å². The third kappa shape index (κ3) is 1.58. The normalized spacial score (nSPS) is 9.25. The van der Waals surface area contributed by atoms with Crippen LogP contribution in [0.25, 0.3) is 11.1 Å². The zero-order valence-corrected chi connectivity index (χ0v) is 7.40. The lowest BCUT2D eigenvalue weighted by Gasteiger charge is -1.78. The van der Waals surface area contributed by atoms with Crippen molar-refractivity contribution in [3.8, 4) is 0 Å². The van der Waals surface area contributed by atoms with Gasteiger partial charge in [0.25, 0.3) is 0 Å². The summed E-state index contributed by atoms with van der Waals surface area (Å²) in [6, 6.07) is 0. The van der Waals surface area contributed by atoms with Crippen molar-refractivity contribution in [2.24, 2.45) is 0 Å². The second kappa shape index (κ2) is 3.80. The van der Waals surface area contributed by atoms with Gasteiger partial charge in [-0.2, -0.15) is 10.2 Å². The van der Waals surface area contributed by atoms with E-state index < -0.39 is 0 Å². The van der Waals surface area contributed by atoms with Gasteiger partial charge in [-0.25, -0.2) is 4.98 Å². The maximum absolute atomic E-state index is 5.15. The zero-order chi connectivity index (χ0) is 8.97. The summed E-state index contributed by atoms with van der Waals surface area (Å²) in [6.07, 6.45) is 3.13. The summed E-state index contributed by atoms with van der Waals surface area (Å²) in [5.74, 6) is 0.643. The highest BCUT2D eigenvalue weighted by molar-refractivity contribution is 5.69. The van der Waals surface area contributed by atoms with Gasteiger partial charge in [-0.3, -0.25) is 0 Å². The van der Waals surface area contributed by atoms with Gasteiger partial charge in [-0.15, -0.1) is 0 Å². The van der Waals surface area contributed by atoms with Crippen molar-refractivity contribution < 1.29 is 4.42 Å². The Balaban J connectivity index is 0.000000336. The molecule has 0 aliphatic carbocycles. The highest BCUT2D eigenvalue weighted by Gasteiger charge is 1.99. The third-order valence-electron chi connectivity index (χ3n) is 1.21. The van der Waals surface area contributed by atoms with Gasteiger partial charge in [-0.1, -0.05) is 13.8 Å². The molecule has 0 aliphatic heterocycles. The quantitative estimate of drug-likeness (QED) is 0.598. The molecule has 0 spiro atoms. The maximum atomic E-state index is 5.15. The number of nitrogens with zero attached hydrogens (tertiary/aromatic N) is 3. The van der Waals surface area contributed by atoms with Gasteiger partial charge in [0.2, 0.25) is 0 Å². The van der Waals surface area contributed by atoms with E-state index in [1.165, 1.54) is 0 Å². The Morgan fingerprint density at radius 3 is 2.50 bits per heavy atom. The molecule has 0 bridgehead atoms. The molecule has 12 heavy (non-hydrogen) atoms. The van der Waals surface area contributed by atoms with Crippen molar-refractivity contribution >= 4 is 11.1 Å². The Hall–Kier alpha value is -1.45. The van der Waals surface area contributed by atoms with Gasteiger partial charge >= 0.3 is 0 Å². The fourth-order valence-electron chi connectivity index (χ4n) is 0.818. The van der Waals surface area contributed by atoms with E-state index in [1.54, 1.807) is 19.3 Å². The molecule has 2 heterocycles. The van der Waals surface area contributed by atoms with Crippen LogP contribution >= 0.6 is 0 Å². The molecule has 0 saturated heterocycles. The van der Waals surface area contributed by atoms with Crippen LogP contribution in [-0.4, -0.2) is 15.2 Å². The fraction of sp³-hybridized carbons (Fsp3) is 0.375. The van der Waals surface area contributed by atoms with Gasteiger partial charge in [0, 0.05) is 6.92 Å². The molecule has 4 nitrogen and oxygen atoms in total. The second-order valence-electron chi connectivity index (χ2n) is 1.97. The highest BCUT2D eigenvalue weighted by atomic mass is 16.3. The number of rotatable bonds is 0. The van der Waals surface area contributed by atoms with Crippen LogP contribution in [0.4, 0.5) is 0 Å². The zero-order valence-electron chi connectivity index (χ0n) is 7.40. The van der Waals surface area contributed by atoms with Crippen LogP contribution in [-0.2, 0) is 0 Å². The molecule has 0 amide bonds. The van der Waals surface area contributed by atoms with Crippen LogP contribution < -0.4 is 0 Å². The molecule has 2 aromatic heterocycles. The van der Waals surface area contributed by atoms with E-state index in [-0.39, 0.29) is 0 Å². The minimum absolute atomic E-state index is 0.643. The van der Waals surface area contributed by atoms with Crippen LogP contribution in [0.3, 0.4) is 0 Å². The minimum atomic E-state index is 0.643. The summed E-state index contributed by atoms with van der Waals surface area (Å²) in [5.41, 5.74) is 1.44. The number of fused-ring (bicyclic) bond motifs is 1. The summed E-state index contributed by atoms with van der Waals surface area (Å²) >= 11 is 0. The Kier molecular flexibility index (Phi) is 2.74. The average molecular weight is 165 g/mol. The number of oxazole rings is 1. The van der Waals surface area contributed by atoms with Gasteiger partial charge in [0.05, 0.1) is 12.4 Å². The van der Waals surface area contributed by atoms with E-state index in [9.17, 15) is 0 Å². The van der Waals surface area contributed by atoms with E-state index in [2.05, 4.69) is 15.2 Å². The molecule has 0 aromatic carbocycles. The first kappa shape index (κ1) is 8.64. The summed E-state index contributed by atoms with van der Waals surface area (Å²) in [7, 11) is 0. The predicted octanol–water partition coefficient (Wildman–Crippen LogP) is 1.95. The first-order valence-corrected chi connectivity index (χ1v) is 3.90. The van der Waals surface area contributed by atoms with Crippen molar-refractivity contribution in [1.29, 1.82) is 0 Å². The molecule has 2 rings (SSSR count). The number of hydrogen-bond acceptors (Lipinski definition) is 4. The molecular formula is C8H11N3O. The number of hydrogen-bond donors (Lipinski definition) is 0. The Bertz CT molecular complexity index is 323. The Morgan fingerprint density at radius 2 is 1.83 bits per heavy atom. The van der Waals surface area contributed by atoms with E-state index in [1.807, 2.05) is 13.8 Å². The topological polar surface area (TPSA) is 51.8 Å². The molecule has 4 heteroatoms. The van der Waals surface area contributed by atoms with Crippen molar-refractivity contribution in [2.75, 3.05) is 0 Å². The SMILES string of the molecule is CC.Cc1nc2cnncc2o1. The molecule has 0 saturated carbocycles. The summed E-state index contributed by atoms with van der Waals surface area (Å²) in [6.45, 7) is 5.79. The van der Waals surface area contributed by atoms with Gasteiger partial charge in [0.1, 0.15) is 5.52 Å². The monoisotopic (exact) mass is 165 g/mol. The standard InChI is InChI=1S/C6H5N3O.C2H6/c1-4-9-5-2-7-8-3-6(5)10-4;1-2/h2-3H,1H3;1-2H3. The van der Waals surface area contributed by atoms with Gasteiger partial charge in [0.15, 0.2) is 11.5 Å². The van der Waals surface area contributed by atoms with Crippen LogP contribution in [0.5, 0.6) is 0 Å². The number of aryl methyl sites for hydroxylation is 1. The molecule has 64 valence electrons. The van der Waals surface area contributed by atoms with E-state index in [0.29, 0.717) is 11.5 Å². The summed E-state index contributed by atoms with van der Waals surface area (Å²) < 4.78 is 5.15. The smallest absolute Gasteiger partial charge is 0.192 e. The molecule has 0 aliphatic rings. The predicted molar refractivity (Wildman–Crippen MR) is 45.7 cm³/mol. The Labute approximate surface area is 70.6 Å². The van der Waals surface area contributed by atoms with Crippen LogP contribution in [0.1, 0.15) is 19.7 Å². The second-order valence-corrected chi connectivity index (χ2v) is 1.97. The fourth-order valence-corrected chi connectivity index (χ4v) is 0.818. The lowest BCUT2D eigenvalue weighted by Crippen LogP contribution is -1.76. The van der Waals surface area contributed by atoms with Crippen molar-refractivity contribution in [3.05, 3.63) is 18.3 Å². The molecule has 0 radical (unpaired) electrons. The molecular weight excluding hydrogens is 154 g/mol. The van der Waals surface area contributed by atoms with Gasteiger partial charge < -0.3 is 4.42 Å². The lowest BCUT2D eigenvalue weighted by atomic mass is 10.5. The first-order chi connectivity index (χ1) is 5.86. The summed E-state index contributed by atoms with van der Waals surface area (Å²) in [4.78, 5) is 4.04. The van der Waals surface area contributed by atoms with Crippen molar-refractivity contribution in [3.63, 3.8) is 0 Å². The highest BCUT2D eigenvalue weighted by Crippen LogP contribution is 2.10. The average Bonchev–Trinajstić information content (AvgIpc) is 2.48. The number of aromatic nitrogens is 3. The van der Waals surface area contributed by atoms with Crippen LogP contribution in [0.2, 0.25) is 0 Å². The molecule has 0 atom stereocenters. The molecule has 0 fully saturated rings. The van der Waals surface area contributed by atoms with E-state index in [4.69, 9.17) is 4.42 Å². The lowest BCUT2D eigenvalue weighted by molar-refractivity contribution is 0.559. The maximum Gasteiger partial charge on any atom is 0.192 e. The van der Waals surface area contributed by atoms with Crippen molar-refractivity contribution in [1.82, 2.24) is 15.2 Å². The molecule has 0 N–H and O–H groups in total. The van der Waals surface area contributed by atoms with Gasteiger partial charge in [-0.05, 0) is 0 Å². The van der Waals surface area contributed by atoms with Crippen molar-refractivity contribution in [2.45, 2.75) is 20.8 Å². The van der Waals surface area contributed by atoms with Crippen LogP contribution in [0, 0.1) is 6.92 Å². The molecule has 0 unspecified atom stereocenters. The minimum Gasteiger partial charge on any atom is -0.439 e.